The number of rotatable bonds is 8. The molecule has 3 rings (SSSR count). The van der Waals surface area contributed by atoms with Gasteiger partial charge in [-0.1, -0.05) is 29.4 Å². The summed E-state index contributed by atoms with van der Waals surface area (Å²) in [5, 5.41) is 6.79. The predicted molar refractivity (Wildman–Crippen MR) is 95.6 cm³/mol. The van der Waals surface area contributed by atoms with Crippen LogP contribution in [0, 0.1) is 0 Å². The van der Waals surface area contributed by atoms with Crippen molar-refractivity contribution >= 4 is 5.91 Å². The van der Waals surface area contributed by atoms with Gasteiger partial charge in [0.25, 0.3) is 0 Å². The quantitative estimate of drug-likeness (QED) is 0.670. The second kappa shape index (κ2) is 8.75. The Hall–Kier alpha value is -3.22. The van der Waals surface area contributed by atoms with Crippen molar-refractivity contribution in [1.82, 2.24) is 20.4 Å². The summed E-state index contributed by atoms with van der Waals surface area (Å²) in [4.78, 5) is 20.4. The molecule has 1 amide bonds. The molecule has 7 heteroatoms. The summed E-state index contributed by atoms with van der Waals surface area (Å²) in [6, 6.07) is 13.3. The minimum absolute atomic E-state index is 0.0579. The van der Waals surface area contributed by atoms with E-state index in [9.17, 15) is 4.79 Å². The van der Waals surface area contributed by atoms with Gasteiger partial charge in [-0.15, -0.1) is 0 Å². The van der Waals surface area contributed by atoms with Crippen LogP contribution in [0.3, 0.4) is 0 Å². The lowest BCUT2D eigenvalue weighted by Crippen LogP contribution is -2.26. The van der Waals surface area contributed by atoms with Gasteiger partial charge in [0.15, 0.2) is 0 Å². The zero-order chi connectivity index (χ0) is 18.2. The number of hydrogen-bond acceptors (Lipinski definition) is 6. The van der Waals surface area contributed by atoms with E-state index in [4.69, 9.17) is 9.26 Å². The molecule has 1 aromatic carbocycles. The lowest BCUT2D eigenvalue weighted by atomic mass is 10.1. The number of benzene rings is 1. The van der Waals surface area contributed by atoms with Crippen molar-refractivity contribution in [3.63, 3.8) is 0 Å². The van der Waals surface area contributed by atoms with E-state index in [0.717, 1.165) is 11.3 Å². The number of pyridine rings is 1. The van der Waals surface area contributed by atoms with Gasteiger partial charge >= 0.3 is 0 Å². The number of methoxy groups -OCH3 is 1. The maximum atomic E-state index is 12.0. The molecule has 2 heterocycles. The Morgan fingerprint density at radius 1 is 1.15 bits per heavy atom. The van der Waals surface area contributed by atoms with Crippen molar-refractivity contribution in [2.45, 2.75) is 19.3 Å². The Kier molecular flexibility index (Phi) is 5.92. The molecule has 0 aliphatic carbocycles. The number of carbonyl (C=O) groups is 1. The van der Waals surface area contributed by atoms with Crippen LogP contribution < -0.4 is 10.1 Å². The largest absolute Gasteiger partial charge is 0.496 e. The van der Waals surface area contributed by atoms with Crippen molar-refractivity contribution in [3.8, 4) is 17.3 Å². The number of aryl methyl sites for hydroxylation is 1. The van der Waals surface area contributed by atoms with E-state index < -0.39 is 0 Å². The maximum absolute atomic E-state index is 12.0. The molecule has 0 spiro atoms. The van der Waals surface area contributed by atoms with Gasteiger partial charge < -0.3 is 14.6 Å². The molecule has 26 heavy (non-hydrogen) atoms. The fraction of sp³-hybridized carbons (Fsp3) is 0.263. The highest BCUT2D eigenvalue weighted by molar-refractivity contribution is 5.76. The molecule has 0 aliphatic rings. The van der Waals surface area contributed by atoms with Crippen molar-refractivity contribution in [3.05, 3.63) is 60.1 Å². The molecule has 0 atom stereocenters. The standard InChI is InChI=1S/C19H20N4O3/c1-25-16-8-3-2-6-14(16)11-13-21-17(24)9-10-18-22-19(23-26-18)15-7-4-5-12-20-15/h2-8,12H,9-11,13H2,1H3,(H,21,24). The van der Waals surface area contributed by atoms with Gasteiger partial charge in [-0.3, -0.25) is 9.78 Å². The summed E-state index contributed by atoms with van der Waals surface area (Å²) in [6.07, 6.45) is 3.05. The van der Waals surface area contributed by atoms with Crippen LogP contribution in [-0.2, 0) is 17.6 Å². The molecule has 0 saturated carbocycles. The molecule has 0 bridgehead atoms. The molecule has 2 aromatic heterocycles. The van der Waals surface area contributed by atoms with E-state index in [2.05, 4.69) is 20.4 Å². The van der Waals surface area contributed by atoms with Crippen LogP contribution in [0.25, 0.3) is 11.5 Å². The van der Waals surface area contributed by atoms with Gasteiger partial charge in [-0.05, 0) is 30.2 Å². The summed E-state index contributed by atoms with van der Waals surface area (Å²) >= 11 is 0. The molecule has 7 nitrogen and oxygen atoms in total. The fourth-order valence-corrected chi connectivity index (χ4v) is 2.51. The molecule has 0 fully saturated rings. The first-order chi connectivity index (χ1) is 12.8. The number of carbonyl (C=O) groups excluding carboxylic acids is 1. The number of para-hydroxylation sites is 1. The van der Waals surface area contributed by atoms with E-state index in [0.29, 0.717) is 36.8 Å². The molecular weight excluding hydrogens is 332 g/mol. The normalized spacial score (nSPS) is 10.5. The number of hydrogen-bond donors (Lipinski definition) is 1. The van der Waals surface area contributed by atoms with Crippen molar-refractivity contribution in [2.24, 2.45) is 0 Å². The molecule has 0 radical (unpaired) electrons. The monoisotopic (exact) mass is 352 g/mol. The molecule has 1 N–H and O–H groups in total. The Labute approximate surface area is 151 Å². The third kappa shape index (κ3) is 4.66. The Morgan fingerprint density at radius 2 is 2.00 bits per heavy atom. The Bertz CT molecular complexity index is 849. The zero-order valence-corrected chi connectivity index (χ0v) is 14.5. The van der Waals surface area contributed by atoms with Crippen LogP contribution in [0.5, 0.6) is 5.75 Å². The fourth-order valence-electron chi connectivity index (χ4n) is 2.51. The predicted octanol–water partition coefficient (Wildman–Crippen LogP) is 2.43. The number of nitrogens with one attached hydrogen (secondary N) is 1. The van der Waals surface area contributed by atoms with Gasteiger partial charge in [0.2, 0.25) is 17.6 Å². The minimum Gasteiger partial charge on any atom is -0.496 e. The maximum Gasteiger partial charge on any atom is 0.227 e. The topological polar surface area (TPSA) is 90.1 Å². The van der Waals surface area contributed by atoms with E-state index in [1.54, 1.807) is 19.4 Å². The van der Waals surface area contributed by atoms with E-state index >= 15 is 0 Å². The number of ether oxygens (including phenoxy) is 1. The lowest BCUT2D eigenvalue weighted by molar-refractivity contribution is -0.121. The van der Waals surface area contributed by atoms with Gasteiger partial charge in [-0.2, -0.15) is 4.98 Å². The first-order valence-electron chi connectivity index (χ1n) is 8.39. The van der Waals surface area contributed by atoms with Crippen molar-refractivity contribution < 1.29 is 14.1 Å². The molecular formula is C19H20N4O3. The number of amides is 1. The van der Waals surface area contributed by atoms with Gasteiger partial charge in [0.1, 0.15) is 11.4 Å². The summed E-state index contributed by atoms with van der Waals surface area (Å²) in [6.45, 7) is 0.544. The second-order valence-electron chi connectivity index (χ2n) is 5.64. The molecule has 0 aliphatic heterocycles. The second-order valence-corrected chi connectivity index (χ2v) is 5.64. The Morgan fingerprint density at radius 3 is 2.81 bits per heavy atom. The van der Waals surface area contributed by atoms with Crippen LogP contribution in [0.1, 0.15) is 17.9 Å². The van der Waals surface area contributed by atoms with Crippen LogP contribution in [0.2, 0.25) is 0 Å². The average molecular weight is 352 g/mol. The molecule has 0 unspecified atom stereocenters. The van der Waals surface area contributed by atoms with Crippen molar-refractivity contribution in [1.29, 1.82) is 0 Å². The Balaban J connectivity index is 1.44. The highest BCUT2D eigenvalue weighted by Gasteiger charge is 2.11. The minimum atomic E-state index is -0.0579. The number of aromatic nitrogens is 3. The third-order valence-electron chi connectivity index (χ3n) is 3.84. The molecule has 3 aromatic rings. The summed E-state index contributed by atoms with van der Waals surface area (Å²) in [5.41, 5.74) is 1.70. The number of nitrogens with zero attached hydrogens (tertiary/aromatic N) is 3. The first kappa shape index (κ1) is 17.6. The van der Waals surface area contributed by atoms with Gasteiger partial charge in [0, 0.05) is 25.6 Å². The smallest absolute Gasteiger partial charge is 0.227 e. The van der Waals surface area contributed by atoms with E-state index in [-0.39, 0.29) is 12.3 Å². The first-order valence-corrected chi connectivity index (χ1v) is 8.39. The SMILES string of the molecule is COc1ccccc1CCNC(=O)CCc1nc(-c2ccccn2)no1. The summed E-state index contributed by atoms with van der Waals surface area (Å²) in [5.74, 6) is 1.62. The van der Waals surface area contributed by atoms with E-state index in [1.807, 2.05) is 36.4 Å². The lowest BCUT2D eigenvalue weighted by Gasteiger charge is -2.08. The summed E-state index contributed by atoms with van der Waals surface area (Å²) in [7, 11) is 1.64. The van der Waals surface area contributed by atoms with Crippen LogP contribution in [0.4, 0.5) is 0 Å². The summed E-state index contributed by atoms with van der Waals surface area (Å²) < 4.78 is 10.5. The molecule has 0 saturated heterocycles. The van der Waals surface area contributed by atoms with Gasteiger partial charge in [0.05, 0.1) is 7.11 Å². The van der Waals surface area contributed by atoms with Crippen LogP contribution in [0.15, 0.2) is 53.2 Å². The molecule has 134 valence electrons. The zero-order valence-electron chi connectivity index (χ0n) is 14.5. The van der Waals surface area contributed by atoms with Gasteiger partial charge in [-0.25, -0.2) is 0 Å². The third-order valence-corrected chi connectivity index (χ3v) is 3.84. The van der Waals surface area contributed by atoms with Crippen LogP contribution in [-0.4, -0.2) is 34.7 Å². The van der Waals surface area contributed by atoms with Crippen LogP contribution >= 0.6 is 0 Å². The highest BCUT2D eigenvalue weighted by atomic mass is 16.5. The van der Waals surface area contributed by atoms with Crippen molar-refractivity contribution in [2.75, 3.05) is 13.7 Å². The average Bonchev–Trinajstić information content (AvgIpc) is 3.16. The highest BCUT2D eigenvalue weighted by Crippen LogP contribution is 2.17. The van der Waals surface area contributed by atoms with E-state index in [1.165, 1.54) is 0 Å².